The van der Waals surface area contributed by atoms with E-state index in [0.29, 0.717) is 43.1 Å². The number of hydrogen-bond donors (Lipinski definition) is 0. The maximum Gasteiger partial charge on any atom is 0.231 e. The van der Waals surface area contributed by atoms with Gasteiger partial charge >= 0.3 is 0 Å². The van der Waals surface area contributed by atoms with E-state index in [1.54, 1.807) is 7.11 Å². The predicted molar refractivity (Wildman–Crippen MR) is 85.1 cm³/mol. The van der Waals surface area contributed by atoms with E-state index in [4.69, 9.17) is 9.26 Å². The summed E-state index contributed by atoms with van der Waals surface area (Å²) >= 11 is 0. The number of ether oxygens (including phenoxy) is 1. The number of carbonyl (C=O) groups excluding carboxylic acids is 1. The molecule has 0 radical (unpaired) electrons. The molecule has 0 aromatic carbocycles. The fraction of sp³-hybridized carbons (Fsp3) is 0.824. The number of likely N-dealkylation sites (tertiary alicyclic amines) is 1. The minimum absolute atomic E-state index is 0.180. The van der Waals surface area contributed by atoms with Crippen molar-refractivity contribution in [2.45, 2.75) is 69.7 Å². The molecule has 0 spiro atoms. The van der Waals surface area contributed by atoms with Crippen molar-refractivity contribution in [3.8, 4) is 0 Å². The summed E-state index contributed by atoms with van der Waals surface area (Å²) in [6, 6.07) is 0.406. The molecule has 23 heavy (non-hydrogen) atoms. The summed E-state index contributed by atoms with van der Waals surface area (Å²) in [5.41, 5.74) is 0. The smallest absolute Gasteiger partial charge is 0.231 e. The number of hydrogen-bond acceptors (Lipinski definition) is 5. The van der Waals surface area contributed by atoms with E-state index in [2.05, 4.69) is 15.0 Å². The maximum atomic E-state index is 12.4. The zero-order chi connectivity index (χ0) is 16.1. The predicted octanol–water partition coefficient (Wildman–Crippen LogP) is 2.69. The summed E-state index contributed by atoms with van der Waals surface area (Å²) in [6.07, 6.45) is 9.43. The molecule has 2 aliphatic rings. The second kappa shape index (κ2) is 7.90. The van der Waals surface area contributed by atoms with Gasteiger partial charge in [-0.05, 0) is 19.3 Å². The van der Waals surface area contributed by atoms with E-state index in [0.717, 1.165) is 25.8 Å². The van der Waals surface area contributed by atoms with Crippen LogP contribution in [0.3, 0.4) is 0 Å². The van der Waals surface area contributed by atoms with Gasteiger partial charge in [0.15, 0.2) is 5.82 Å². The molecular weight excluding hydrogens is 294 g/mol. The molecule has 2 heterocycles. The molecule has 0 N–H and O–H groups in total. The van der Waals surface area contributed by atoms with Crippen molar-refractivity contribution in [1.82, 2.24) is 15.0 Å². The number of rotatable bonds is 5. The molecule has 1 aromatic rings. The highest BCUT2D eigenvalue weighted by Gasteiger charge is 2.34. The Bertz CT molecular complexity index is 509. The average molecular weight is 321 g/mol. The third-order valence-corrected chi connectivity index (χ3v) is 5.07. The zero-order valence-electron chi connectivity index (χ0n) is 14.0. The van der Waals surface area contributed by atoms with Crippen molar-refractivity contribution in [3.63, 3.8) is 0 Å². The summed E-state index contributed by atoms with van der Waals surface area (Å²) in [7, 11) is 1.67. The Morgan fingerprint density at radius 2 is 2.00 bits per heavy atom. The first-order valence-corrected chi connectivity index (χ1v) is 8.89. The third-order valence-electron chi connectivity index (χ3n) is 5.07. The lowest BCUT2D eigenvalue weighted by molar-refractivity contribution is -0.136. The molecule has 1 aromatic heterocycles. The standard InChI is InChI=1S/C17H27N3O3/c1-22-11-10-15-18-17(23-19-15)13-8-9-16(21)20(12-13)14-6-4-2-3-5-7-14/h13-14H,2-12H2,1H3/t13-/m1/s1. The fourth-order valence-electron chi connectivity index (χ4n) is 3.72. The van der Waals surface area contributed by atoms with E-state index in [1.165, 1.54) is 25.7 Å². The first kappa shape index (κ1) is 16.4. The number of nitrogens with zero attached hydrogens (tertiary/aromatic N) is 3. The first-order chi connectivity index (χ1) is 11.3. The lowest BCUT2D eigenvalue weighted by Crippen LogP contribution is -2.45. The van der Waals surface area contributed by atoms with Crippen LogP contribution in [0.2, 0.25) is 0 Å². The van der Waals surface area contributed by atoms with Crippen molar-refractivity contribution in [2.75, 3.05) is 20.3 Å². The van der Waals surface area contributed by atoms with Gasteiger partial charge in [-0.2, -0.15) is 4.98 Å². The van der Waals surface area contributed by atoms with E-state index in [9.17, 15) is 4.79 Å². The van der Waals surface area contributed by atoms with E-state index >= 15 is 0 Å². The van der Waals surface area contributed by atoms with Crippen LogP contribution in [0.4, 0.5) is 0 Å². The van der Waals surface area contributed by atoms with Crippen LogP contribution in [-0.2, 0) is 16.0 Å². The minimum Gasteiger partial charge on any atom is -0.384 e. The SMILES string of the molecule is COCCc1noc([C@@H]2CCC(=O)N(C3CCCCCC3)C2)n1. The molecular formula is C17H27N3O3. The average Bonchev–Trinajstić information content (AvgIpc) is 2.87. The summed E-state index contributed by atoms with van der Waals surface area (Å²) < 4.78 is 10.5. The van der Waals surface area contributed by atoms with Gasteiger partial charge in [0.05, 0.1) is 12.5 Å². The number of piperidine rings is 1. The second-order valence-electron chi connectivity index (χ2n) is 6.72. The van der Waals surface area contributed by atoms with Gasteiger partial charge in [0.1, 0.15) is 0 Å². The molecule has 128 valence electrons. The zero-order valence-corrected chi connectivity index (χ0v) is 14.0. The first-order valence-electron chi connectivity index (χ1n) is 8.89. The van der Waals surface area contributed by atoms with Crippen molar-refractivity contribution in [2.24, 2.45) is 0 Å². The number of aromatic nitrogens is 2. The topological polar surface area (TPSA) is 68.5 Å². The number of carbonyl (C=O) groups is 1. The van der Waals surface area contributed by atoms with Crippen LogP contribution in [0.5, 0.6) is 0 Å². The van der Waals surface area contributed by atoms with Crippen LogP contribution in [0.1, 0.15) is 69.0 Å². The largest absolute Gasteiger partial charge is 0.384 e. The Morgan fingerprint density at radius 1 is 1.22 bits per heavy atom. The van der Waals surface area contributed by atoms with Gasteiger partial charge < -0.3 is 14.2 Å². The van der Waals surface area contributed by atoms with E-state index in [1.807, 2.05) is 0 Å². The van der Waals surface area contributed by atoms with Gasteiger partial charge in [0, 0.05) is 32.5 Å². The highest BCUT2D eigenvalue weighted by molar-refractivity contribution is 5.77. The van der Waals surface area contributed by atoms with Gasteiger partial charge in [-0.1, -0.05) is 30.8 Å². The van der Waals surface area contributed by atoms with Crippen LogP contribution in [-0.4, -0.2) is 47.3 Å². The van der Waals surface area contributed by atoms with E-state index < -0.39 is 0 Å². The van der Waals surface area contributed by atoms with Gasteiger partial charge in [-0.25, -0.2) is 0 Å². The fourth-order valence-corrected chi connectivity index (χ4v) is 3.72. The lowest BCUT2D eigenvalue weighted by Gasteiger charge is -2.37. The minimum atomic E-state index is 0.180. The number of methoxy groups -OCH3 is 1. The van der Waals surface area contributed by atoms with Crippen LogP contribution in [0, 0.1) is 0 Å². The quantitative estimate of drug-likeness (QED) is 0.780. The Hall–Kier alpha value is -1.43. The van der Waals surface area contributed by atoms with Crippen LogP contribution < -0.4 is 0 Å². The molecule has 1 aliphatic carbocycles. The van der Waals surface area contributed by atoms with Gasteiger partial charge in [-0.3, -0.25) is 4.79 Å². The van der Waals surface area contributed by atoms with Crippen molar-refractivity contribution in [1.29, 1.82) is 0 Å². The Balaban J connectivity index is 1.64. The Kier molecular flexibility index (Phi) is 5.65. The van der Waals surface area contributed by atoms with Gasteiger partial charge in [-0.15, -0.1) is 0 Å². The van der Waals surface area contributed by atoms with Crippen molar-refractivity contribution < 1.29 is 14.1 Å². The third kappa shape index (κ3) is 4.10. The summed E-state index contributed by atoms with van der Waals surface area (Å²) in [6.45, 7) is 1.33. The summed E-state index contributed by atoms with van der Waals surface area (Å²) in [5.74, 6) is 1.86. The molecule has 1 amide bonds. The summed E-state index contributed by atoms with van der Waals surface area (Å²) in [5, 5.41) is 4.03. The lowest BCUT2D eigenvalue weighted by atomic mass is 9.94. The molecule has 6 heteroatoms. The van der Waals surface area contributed by atoms with Crippen molar-refractivity contribution in [3.05, 3.63) is 11.7 Å². The highest BCUT2D eigenvalue weighted by atomic mass is 16.5. The molecule has 3 rings (SSSR count). The molecule has 1 saturated heterocycles. The number of amides is 1. The van der Waals surface area contributed by atoms with Crippen molar-refractivity contribution >= 4 is 5.91 Å². The molecule has 1 aliphatic heterocycles. The van der Waals surface area contributed by atoms with Crippen LogP contribution in [0.25, 0.3) is 0 Å². The van der Waals surface area contributed by atoms with Crippen LogP contribution in [0.15, 0.2) is 4.52 Å². The Labute approximate surface area is 137 Å². The van der Waals surface area contributed by atoms with Gasteiger partial charge in [0.25, 0.3) is 0 Å². The normalized spacial score (nSPS) is 24.0. The molecule has 0 bridgehead atoms. The van der Waals surface area contributed by atoms with Gasteiger partial charge in [0.2, 0.25) is 11.8 Å². The maximum absolute atomic E-state index is 12.4. The molecule has 1 atom stereocenters. The molecule has 2 fully saturated rings. The summed E-state index contributed by atoms with van der Waals surface area (Å²) in [4.78, 5) is 19.0. The highest BCUT2D eigenvalue weighted by Crippen LogP contribution is 2.31. The molecule has 6 nitrogen and oxygen atoms in total. The van der Waals surface area contributed by atoms with E-state index in [-0.39, 0.29) is 5.92 Å². The monoisotopic (exact) mass is 321 g/mol. The van der Waals surface area contributed by atoms with Crippen LogP contribution >= 0.6 is 0 Å². The Morgan fingerprint density at radius 3 is 2.74 bits per heavy atom. The molecule has 0 unspecified atom stereocenters. The molecule has 1 saturated carbocycles. The second-order valence-corrected chi connectivity index (χ2v) is 6.72.